The monoisotopic (exact) mass is 339 g/mol. The fourth-order valence-corrected chi connectivity index (χ4v) is 3.55. The van der Waals surface area contributed by atoms with E-state index < -0.39 is 6.10 Å². The molecule has 102 valence electrons. The van der Waals surface area contributed by atoms with Crippen LogP contribution in [-0.2, 0) is 6.42 Å². The Morgan fingerprint density at radius 1 is 1.32 bits per heavy atom. The van der Waals surface area contributed by atoms with E-state index in [1.165, 1.54) is 4.88 Å². The van der Waals surface area contributed by atoms with E-state index in [0.717, 1.165) is 21.3 Å². The SMILES string of the molecule is CCc1ccc(C(O)C(CN)c2cccc(Br)c2)s1. The number of halogens is 1. The molecule has 0 aliphatic carbocycles. The van der Waals surface area contributed by atoms with E-state index in [0.29, 0.717) is 6.54 Å². The highest BCUT2D eigenvalue weighted by Gasteiger charge is 2.23. The van der Waals surface area contributed by atoms with Crippen LogP contribution in [0.4, 0.5) is 0 Å². The van der Waals surface area contributed by atoms with Crippen LogP contribution in [0.2, 0.25) is 0 Å². The first-order chi connectivity index (χ1) is 9.15. The van der Waals surface area contributed by atoms with E-state index in [2.05, 4.69) is 28.9 Å². The molecule has 4 heteroatoms. The molecular weight excluding hydrogens is 322 g/mol. The van der Waals surface area contributed by atoms with Crippen molar-refractivity contribution in [3.63, 3.8) is 0 Å². The average Bonchev–Trinajstić information content (AvgIpc) is 2.88. The number of nitrogens with two attached hydrogens (primary N) is 1. The van der Waals surface area contributed by atoms with E-state index in [1.807, 2.05) is 30.3 Å². The van der Waals surface area contributed by atoms with Crippen LogP contribution in [0.5, 0.6) is 0 Å². The lowest BCUT2D eigenvalue weighted by molar-refractivity contribution is 0.151. The van der Waals surface area contributed by atoms with Crippen molar-refractivity contribution in [2.45, 2.75) is 25.4 Å². The molecule has 2 atom stereocenters. The molecule has 0 fully saturated rings. The summed E-state index contributed by atoms with van der Waals surface area (Å²) in [5.74, 6) is -0.0687. The van der Waals surface area contributed by atoms with Crippen LogP contribution < -0.4 is 5.73 Å². The van der Waals surface area contributed by atoms with Gasteiger partial charge in [-0.2, -0.15) is 0 Å². The van der Waals surface area contributed by atoms with Gasteiger partial charge in [0.05, 0.1) is 6.10 Å². The molecule has 3 N–H and O–H groups in total. The van der Waals surface area contributed by atoms with Crippen molar-refractivity contribution < 1.29 is 5.11 Å². The summed E-state index contributed by atoms with van der Waals surface area (Å²) in [5.41, 5.74) is 6.93. The number of aryl methyl sites for hydroxylation is 1. The number of hydrogen-bond acceptors (Lipinski definition) is 3. The van der Waals surface area contributed by atoms with E-state index >= 15 is 0 Å². The molecule has 0 radical (unpaired) electrons. The van der Waals surface area contributed by atoms with Gasteiger partial charge in [0.15, 0.2) is 0 Å². The molecule has 1 aromatic heterocycles. The van der Waals surface area contributed by atoms with E-state index in [4.69, 9.17) is 5.73 Å². The minimum Gasteiger partial charge on any atom is -0.387 e. The van der Waals surface area contributed by atoms with Crippen molar-refractivity contribution in [2.24, 2.45) is 5.73 Å². The zero-order valence-corrected chi connectivity index (χ0v) is 13.2. The fourth-order valence-electron chi connectivity index (χ4n) is 2.13. The van der Waals surface area contributed by atoms with Crippen LogP contribution in [0.25, 0.3) is 0 Å². The fraction of sp³-hybridized carbons (Fsp3) is 0.333. The van der Waals surface area contributed by atoms with Gasteiger partial charge in [0.2, 0.25) is 0 Å². The third-order valence-corrected chi connectivity index (χ3v) is 5.03. The molecule has 0 aliphatic heterocycles. The van der Waals surface area contributed by atoms with Crippen molar-refractivity contribution in [1.29, 1.82) is 0 Å². The van der Waals surface area contributed by atoms with Crippen molar-refractivity contribution in [1.82, 2.24) is 0 Å². The summed E-state index contributed by atoms with van der Waals surface area (Å²) in [4.78, 5) is 2.28. The maximum Gasteiger partial charge on any atom is 0.0962 e. The summed E-state index contributed by atoms with van der Waals surface area (Å²) in [6.07, 6.45) is 0.464. The minimum atomic E-state index is -0.537. The van der Waals surface area contributed by atoms with Crippen molar-refractivity contribution >= 4 is 27.3 Å². The Balaban J connectivity index is 2.26. The van der Waals surface area contributed by atoms with Gasteiger partial charge >= 0.3 is 0 Å². The van der Waals surface area contributed by atoms with Crippen molar-refractivity contribution in [3.8, 4) is 0 Å². The maximum absolute atomic E-state index is 10.5. The van der Waals surface area contributed by atoms with Gasteiger partial charge < -0.3 is 10.8 Å². The van der Waals surface area contributed by atoms with Crippen LogP contribution in [0.3, 0.4) is 0 Å². The molecule has 0 saturated heterocycles. The lowest BCUT2D eigenvalue weighted by Crippen LogP contribution is -2.19. The van der Waals surface area contributed by atoms with Crippen LogP contribution in [0.15, 0.2) is 40.9 Å². The molecule has 0 aliphatic rings. The molecule has 0 amide bonds. The second-order valence-electron chi connectivity index (χ2n) is 4.50. The zero-order chi connectivity index (χ0) is 13.8. The molecule has 0 saturated carbocycles. The summed E-state index contributed by atoms with van der Waals surface area (Å²) >= 11 is 5.13. The van der Waals surface area contributed by atoms with E-state index in [9.17, 15) is 5.11 Å². The van der Waals surface area contributed by atoms with Crippen LogP contribution in [0, 0.1) is 0 Å². The Labute approximate surface area is 126 Å². The Kier molecular flexibility index (Phi) is 5.16. The molecule has 19 heavy (non-hydrogen) atoms. The lowest BCUT2D eigenvalue weighted by atomic mass is 9.92. The summed E-state index contributed by atoms with van der Waals surface area (Å²) in [5, 5.41) is 10.5. The third-order valence-electron chi connectivity index (χ3n) is 3.23. The lowest BCUT2D eigenvalue weighted by Gasteiger charge is -2.21. The van der Waals surface area contributed by atoms with Gasteiger partial charge in [-0.3, -0.25) is 0 Å². The van der Waals surface area contributed by atoms with Crippen LogP contribution in [0.1, 0.15) is 34.3 Å². The van der Waals surface area contributed by atoms with Gasteiger partial charge in [-0.1, -0.05) is 35.0 Å². The maximum atomic E-state index is 10.5. The molecule has 2 aromatic rings. The van der Waals surface area contributed by atoms with E-state index in [-0.39, 0.29) is 5.92 Å². The standard InChI is InChI=1S/C15H18BrNOS/c1-2-12-6-7-14(19-12)15(18)13(9-17)10-4-3-5-11(16)8-10/h3-8,13,15,18H,2,9,17H2,1H3. The quantitative estimate of drug-likeness (QED) is 0.868. The first-order valence-electron chi connectivity index (χ1n) is 6.38. The van der Waals surface area contributed by atoms with Gasteiger partial charge in [-0.25, -0.2) is 0 Å². The molecule has 0 bridgehead atoms. The topological polar surface area (TPSA) is 46.2 Å². The van der Waals surface area contributed by atoms with Crippen molar-refractivity contribution in [2.75, 3.05) is 6.54 Å². The molecular formula is C15H18BrNOS. The second kappa shape index (κ2) is 6.66. The number of thiophene rings is 1. The van der Waals surface area contributed by atoms with Gasteiger partial charge in [0, 0.05) is 26.7 Å². The summed E-state index contributed by atoms with van der Waals surface area (Å²) in [7, 11) is 0. The number of benzene rings is 1. The number of hydrogen-bond donors (Lipinski definition) is 2. The Morgan fingerprint density at radius 3 is 2.68 bits per heavy atom. The first-order valence-corrected chi connectivity index (χ1v) is 7.98. The largest absolute Gasteiger partial charge is 0.387 e. The van der Waals surface area contributed by atoms with Crippen LogP contribution >= 0.6 is 27.3 Å². The minimum absolute atomic E-state index is 0.0687. The highest BCUT2D eigenvalue weighted by molar-refractivity contribution is 9.10. The summed E-state index contributed by atoms with van der Waals surface area (Å²) in [6, 6.07) is 12.1. The van der Waals surface area contributed by atoms with Gasteiger partial charge in [-0.05, 0) is 36.2 Å². The normalized spacial score (nSPS) is 14.3. The first kappa shape index (κ1) is 14.7. The smallest absolute Gasteiger partial charge is 0.0962 e. The second-order valence-corrected chi connectivity index (χ2v) is 6.62. The number of aliphatic hydroxyl groups excluding tert-OH is 1. The predicted octanol–water partition coefficient (Wildman–Crippen LogP) is 3.85. The molecule has 2 unspecified atom stereocenters. The highest BCUT2D eigenvalue weighted by Crippen LogP contribution is 2.34. The van der Waals surface area contributed by atoms with Gasteiger partial charge in [0.1, 0.15) is 0 Å². The Bertz CT molecular complexity index is 540. The Morgan fingerprint density at radius 2 is 2.11 bits per heavy atom. The molecule has 2 rings (SSSR count). The zero-order valence-electron chi connectivity index (χ0n) is 10.8. The highest BCUT2D eigenvalue weighted by atomic mass is 79.9. The summed E-state index contributed by atoms with van der Waals surface area (Å²) in [6.45, 7) is 2.55. The average molecular weight is 340 g/mol. The molecule has 2 nitrogen and oxygen atoms in total. The number of rotatable bonds is 5. The van der Waals surface area contributed by atoms with E-state index in [1.54, 1.807) is 11.3 Å². The summed E-state index contributed by atoms with van der Waals surface area (Å²) < 4.78 is 1.01. The van der Waals surface area contributed by atoms with Crippen molar-refractivity contribution in [3.05, 3.63) is 56.2 Å². The number of aliphatic hydroxyl groups is 1. The van der Waals surface area contributed by atoms with Gasteiger partial charge in [0.25, 0.3) is 0 Å². The predicted molar refractivity (Wildman–Crippen MR) is 84.6 cm³/mol. The molecule has 0 spiro atoms. The Hall–Kier alpha value is -0.680. The molecule has 1 heterocycles. The molecule has 1 aromatic carbocycles. The van der Waals surface area contributed by atoms with Crippen LogP contribution in [-0.4, -0.2) is 11.7 Å². The third kappa shape index (κ3) is 3.45. The van der Waals surface area contributed by atoms with Gasteiger partial charge in [-0.15, -0.1) is 11.3 Å².